The molecule has 0 saturated heterocycles. The van der Waals surface area contributed by atoms with Crippen LogP contribution in [0.1, 0.15) is 18.1 Å². The van der Waals surface area contributed by atoms with Gasteiger partial charge in [-0.05, 0) is 31.5 Å². The molecule has 2 rings (SSSR count). The molecular weight excluding hydrogens is 338 g/mol. The normalized spacial score (nSPS) is 10.5. The minimum atomic E-state index is -3.87. The number of hydrogen-bond acceptors (Lipinski definition) is 4. The van der Waals surface area contributed by atoms with E-state index in [1.54, 1.807) is 31.2 Å². The van der Waals surface area contributed by atoms with Crippen LogP contribution in [0, 0.1) is 18.9 Å². The zero-order chi connectivity index (χ0) is 18.3. The second-order valence-corrected chi connectivity index (χ2v) is 7.13. The predicted molar refractivity (Wildman–Crippen MR) is 94.8 cm³/mol. The molecule has 0 spiro atoms. The number of carbonyl (C=O) groups excluding carboxylic acids is 1. The Balaban J connectivity index is 2.38. The maximum Gasteiger partial charge on any atom is 0.386 e. The quantitative estimate of drug-likeness (QED) is 0.469. The van der Waals surface area contributed by atoms with Crippen molar-refractivity contribution in [2.75, 3.05) is 6.61 Å². The van der Waals surface area contributed by atoms with E-state index in [4.69, 9.17) is 4.74 Å². The van der Waals surface area contributed by atoms with Crippen molar-refractivity contribution >= 4 is 16.0 Å². The SMILES string of the molecule is CCOC(=O)C#CN(Cc1ccccc1)S(=O)(=O)c1ccc(C)cc1. The van der Waals surface area contributed by atoms with Crippen molar-refractivity contribution in [3.8, 4) is 12.0 Å². The Hall–Kier alpha value is -2.78. The molecule has 0 atom stereocenters. The zero-order valence-corrected chi connectivity index (χ0v) is 14.9. The lowest BCUT2D eigenvalue weighted by Gasteiger charge is -2.18. The Morgan fingerprint density at radius 3 is 2.32 bits per heavy atom. The fourth-order valence-corrected chi connectivity index (χ4v) is 3.27. The summed E-state index contributed by atoms with van der Waals surface area (Å²) in [5.41, 5.74) is 1.71. The van der Waals surface area contributed by atoms with Crippen LogP contribution in [0.15, 0.2) is 59.5 Å². The summed E-state index contributed by atoms with van der Waals surface area (Å²) in [7, 11) is -3.87. The summed E-state index contributed by atoms with van der Waals surface area (Å²) in [6.07, 6.45) is 0. The van der Waals surface area contributed by atoms with Crippen molar-refractivity contribution in [2.24, 2.45) is 0 Å². The number of rotatable bonds is 5. The van der Waals surface area contributed by atoms with Gasteiger partial charge >= 0.3 is 5.97 Å². The first kappa shape index (κ1) is 18.6. The lowest BCUT2D eigenvalue weighted by molar-refractivity contribution is -0.136. The number of hydrogen-bond donors (Lipinski definition) is 0. The van der Waals surface area contributed by atoms with Crippen molar-refractivity contribution < 1.29 is 17.9 Å². The topological polar surface area (TPSA) is 63.7 Å². The fourth-order valence-electron chi connectivity index (χ4n) is 2.05. The second-order valence-electron chi connectivity index (χ2n) is 5.27. The van der Waals surface area contributed by atoms with E-state index in [9.17, 15) is 13.2 Å². The van der Waals surface area contributed by atoms with E-state index in [-0.39, 0.29) is 18.0 Å². The van der Waals surface area contributed by atoms with Crippen LogP contribution >= 0.6 is 0 Å². The Labute approximate surface area is 148 Å². The minimum Gasteiger partial charge on any atom is -0.456 e. The van der Waals surface area contributed by atoms with Crippen molar-refractivity contribution in [3.05, 3.63) is 65.7 Å². The van der Waals surface area contributed by atoms with E-state index in [0.29, 0.717) is 0 Å². The van der Waals surface area contributed by atoms with E-state index in [2.05, 4.69) is 12.0 Å². The van der Waals surface area contributed by atoms with Gasteiger partial charge in [0.25, 0.3) is 10.0 Å². The van der Waals surface area contributed by atoms with Gasteiger partial charge in [-0.3, -0.25) is 0 Å². The van der Waals surface area contributed by atoms with Gasteiger partial charge in [-0.25, -0.2) is 17.5 Å². The lowest BCUT2D eigenvalue weighted by Crippen LogP contribution is -2.26. The van der Waals surface area contributed by atoms with Crippen molar-refractivity contribution in [2.45, 2.75) is 25.3 Å². The van der Waals surface area contributed by atoms with Crippen LogP contribution in [0.3, 0.4) is 0 Å². The van der Waals surface area contributed by atoms with Crippen LogP contribution < -0.4 is 0 Å². The molecule has 0 unspecified atom stereocenters. The number of carbonyl (C=O) groups is 1. The molecule has 25 heavy (non-hydrogen) atoms. The van der Waals surface area contributed by atoms with E-state index in [1.807, 2.05) is 25.1 Å². The van der Waals surface area contributed by atoms with Gasteiger partial charge in [0.2, 0.25) is 0 Å². The molecule has 0 saturated carbocycles. The van der Waals surface area contributed by atoms with Gasteiger partial charge in [0.15, 0.2) is 0 Å². The Morgan fingerprint density at radius 1 is 1.08 bits per heavy atom. The average molecular weight is 357 g/mol. The first-order valence-electron chi connectivity index (χ1n) is 7.75. The third-order valence-corrected chi connectivity index (χ3v) is 5.00. The first-order valence-corrected chi connectivity index (χ1v) is 9.19. The van der Waals surface area contributed by atoms with E-state index >= 15 is 0 Å². The minimum absolute atomic E-state index is 0.0312. The molecular formula is C19H19NO4S. The number of sulfonamides is 1. The van der Waals surface area contributed by atoms with Gasteiger partial charge in [0.05, 0.1) is 18.0 Å². The van der Waals surface area contributed by atoms with Crippen molar-refractivity contribution in [1.29, 1.82) is 0 Å². The summed E-state index contributed by atoms with van der Waals surface area (Å²) < 4.78 is 31.5. The number of esters is 1. The van der Waals surface area contributed by atoms with Gasteiger partial charge in [-0.1, -0.05) is 48.0 Å². The highest BCUT2D eigenvalue weighted by Gasteiger charge is 2.22. The molecule has 130 valence electrons. The molecule has 0 amide bonds. The second kappa shape index (κ2) is 8.36. The molecule has 6 heteroatoms. The number of nitrogens with zero attached hydrogens (tertiary/aromatic N) is 1. The number of benzene rings is 2. The predicted octanol–water partition coefficient (Wildman–Crippen LogP) is 2.71. The van der Waals surface area contributed by atoms with E-state index in [0.717, 1.165) is 15.4 Å². The number of aryl methyl sites for hydroxylation is 1. The molecule has 0 N–H and O–H groups in total. The smallest absolute Gasteiger partial charge is 0.386 e. The van der Waals surface area contributed by atoms with Crippen LogP contribution in [0.2, 0.25) is 0 Å². The van der Waals surface area contributed by atoms with Gasteiger partial charge in [-0.15, -0.1) is 0 Å². The largest absolute Gasteiger partial charge is 0.456 e. The van der Waals surface area contributed by atoms with Crippen LogP contribution in [0.5, 0.6) is 0 Å². The zero-order valence-electron chi connectivity index (χ0n) is 14.1. The third kappa shape index (κ3) is 5.10. The Morgan fingerprint density at radius 2 is 1.72 bits per heavy atom. The van der Waals surface area contributed by atoms with Gasteiger partial charge < -0.3 is 4.74 Å². The highest BCUT2D eigenvalue weighted by Crippen LogP contribution is 2.18. The van der Waals surface area contributed by atoms with Crippen LogP contribution in [0.4, 0.5) is 0 Å². The molecule has 0 heterocycles. The summed E-state index contributed by atoms with van der Waals surface area (Å²) in [6.45, 7) is 3.74. The third-order valence-electron chi connectivity index (χ3n) is 3.34. The highest BCUT2D eigenvalue weighted by atomic mass is 32.2. The van der Waals surface area contributed by atoms with Crippen LogP contribution in [0.25, 0.3) is 0 Å². The monoisotopic (exact) mass is 357 g/mol. The highest BCUT2D eigenvalue weighted by molar-refractivity contribution is 7.89. The first-order chi connectivity index (χ1) is 11.9. The summed E-state index contributed by atoms with van der Waals surface area (Å²) >= 11 is 0. The lowest BCUT2D eigenvalue weighted by atomic mass is 10.2. The standard InChI is InChI=1S/C19H19NO4S/c1-3-24-19(21)13-14-20(15-17-7-5-4-6-8-17)25(22,23)18-11-9-16(2)10-12-18/h4-12H,3,15H2,1-2H3. The van der Waals surface area contributed by atoms with Gasteiger partial charge in [0, 0.05) is 12.0 Å². The Kier molecular flexibility index (Phi) is 6.20. The maximum atomic E-state index is 12.9. The summed E-state index contributed by atoms with van der Waals surface area (Å²) in [5.74, 6) is 1.46. The molecule has 0 bridgehead atoms. The molecule has 2 aromatic carbocycles. The molecule has 0 aliphatic rings. The molecule has 0 radical (unpaired) electrons. The molecule has 0 aromatic heterocycles. The summed E-state index contributed by atoms with van der Waals surface area (Å²) in [6, 6.07) is 18.0. The molecule has 2 aromatic rings. The van der Waals surface area contributed by atoms with Crippen LogP contribution in [-0.4, -0.2) is 25.3 Å². The van der Waals surface area contributed by atoms with Crippen molar-refractivity contribution in [1.82, 2.24) is 4.31 Å². The van der Waals surface area contributed by atoms with Crippen molar-refractivity contribution in [3.63, 3.8) is 0 Å². The van der Waals surface area contributed by atoms with Gasteiger partial charge in [-0.2, -0.15) is 0 Å². The summed E-state index contributed by atoms with van der Waals surface area (Å²) in [4.78, 5) is 11.6. The molecule has 0 aliphatic heterocycles. The molecule has 0 aliphatic carbocycles. The number of ether oxygens (including phenoxy) is 1. The maximum absolute atomic E-state index is 12.9. The fraction of sp³-hybridized carbons (Fsp3) is 0.211. The molecule has 5 nitrogen and oxygen atoms in total. The average Bonchev–Trinajstić information content (AvgIpc) is 2.60. The Bertz CT molecular complexity index is 879. The van der Waals surface area contributed by atoms with Crippen LogP contribution in [-0.2, 0) is 26.1 Å². The molecule has 0 fully saturated rings. The van der Waals surface area contributed by atoms with E-state index in [1.165, 1.54) is 12.1 Å². The van der Waals surface area contributed by atoms with Gasteiger partial charge in [0.1, 0.15) is 0 Å². The summed E-state index contributed by atoms with van der Waals surface area (Å²) in [5, 5.41) is 0. The van der Waals surface area contributed by atoms with E-state index < -0.39 is 16.0 Å².